The zero-order valence-electron chi connectivity index (χ0n) is 5.51. The summed E-state index contributed by atoms with van der Waals surface area (Å²) in [4.78, 5) is 16.7. The second kappa shape index (κ2) is 4.35. The van der Waals surface area contributed by atoms with E-state index in [1.165, 1.54) is 12.3 Å². The molecule has 0 spiro atoms. The van der Waals surface area contributed by atoms with Gasteiger partial charge in [-0.3, -0.25) is 4.79 Å². The van der Waals surface area contributed by atoms with Gasteiger partial charge in [0.15, 0.2) is 0 Å². The van der Waals surface area contributed by atoms with Gasteiger partial charge < -0.3 is 4.98 Å². The molecule has 1 aromatic rings. The number of aromatic amines is 1. The molecule has 0 atom stereocenters. The number of nitrogens with one attached hydrogen (secondary N) is 1. The molecule has 0 aliphatic carbocycles. The minimum Gasteiger partial charge on any atom is -0.311 e. The SMILES string of the molecule is Cc1nccc(=O)[nH]1.[K]. The minimum atomic E-state index is -0.0995. The number of aryl methyl sites for hydroxylation is 1. The average Bonchev–Trinajstić information content (AvgIpc) is 1.64. The van der Waals surface area contributed by atoms with Crippen LogP contribution in [-0.2, 0) is 0 Å². The molecule has 0 aromatic carbocycles. The molecule has 1 rings (SSSR count). The third kappa shape index (κ3) is 3.27. The van der Waals surface area contributed by atoms with E-state index in [9.17, 15) is 4.79 Å². The summed E-state index contributed by atoms with van der Waals surface area (Å²) in [6.45, 7) is 1.74. The normalized spacial score (nSPS) is 8.11. The number of hydrogen-bond acceptors (Lipinski definition) is 2. The molecule has 0 saturated heterocycles. The summed E-state index contributed by atoms with van der Waals surface area (Å²) in [5.41, 5.74) is -0.0995. The van der Waals surface area contributed by atoms with E-state index >= 15 is 0 Å². The Morgan fingerprint density at radius 3 is 2.67 bits per heavy atom. The summed E-state index contributed by atoms with van der Waals surface area (Å²) < 4.78 is 0. The van der Waals surface area contributed by atoms with E-state index in [0.29, 0.717) is 5.82 Å². The molecule has 9 heavy (non-hydrogen) atoms. The van der Waals surface area contributed by atoms with Crippen LogP contribution >= 0.6 is 0 Å². The molecule has 1 N–H and O–H groups in total. The quantitative estimate of drug-likeness (QED) is 0.515. The van der Waals surface area contributed by atoms with E-state index in [0.717, 1.165) is 0 Å². The molecular formula is C5H6KN2O. The Labute approximate surface area is 95.3 Å². The molecule has 4 heteroatoms. The van der Waals surface area contributed by atoms with Crippen molar-refractivity contribution in [2.45, 2.75) is 6.92 Å². The number of hydrogen-bond donors (Lipinski definition) is 1. The van der Waals surface area contributed by atoms with Gasteiger partial charge in [-0.25, -0.2) is 4.98 Å². The monoisotopic (exact) mass is 149 g/mol. The maximum absolute atomic E-state index is 10.4. The van der Waals surface area contributed by atoms with E-state index in [1.54, 1.807) is 6.92 Å². The molecule has 0 bridgehead atoms. The summed E-state index contributed by atoms with van der Waals surface area (Å²) >= 11 is 0. The molecule has 43 valence electrons. The van der Waals surface area contributed by atoms with Crippen molar-refractivity contribution in [3.8, 4) is 0 Å². The van der Waals surface area contributed by atoms with Gasteiger partial charge in [0.25, 0.3) is 5.56 Å². The van der Waals surface area contributed by atoms with Gasteiger partial charge >= 0.3 is 0 Å². The summed E-state index contributed by atoms with van der Waals surface area (Å²) in [5.74, 6) is 0.650. The van der Waals surface area contributed by atoms with Crippen LogP contribution in [0.25, 0.3) is 0 Å². The largest absolute Gasteiger partial charge is 0.311 e. The van der Waals surface area contributed by atoms with Gasteiger partial charge in [-0.2, -0.15) is 0 Å². The van der Waals surface area contributed by atoms with Crippen LogP contribution in [0, 0.1) is 6.92 Å². The van der Waals surface area contributed by atoms with Gasteiger partial charge in [-0.15, -0.1) is 0 Å². The van der Waals surface area contributed by atoms with Crippen LogP contribution in [-0.4, -0.2) is 61.4 Å². The third-order valence-electron chi connectivity index (χ3n) is 0.798. The van der Waals surface area contributed by atoms with Crippen molar-refractivity contribution in [3.05, 3.63) is 28.4 Å². The summed E-state index contributed by atoms with van der Waals surface area (Å²) in [6.07, 6.45) is 1.48. The molecule has 0 amide bonds. The molecule has 0 saturated carbocycles. The number of nitrogens with zero attached hydrogens (tertiary/aromatic N) is 1. The third-order valence-corrected chi connectivity index (χ3v) is 0.798. The van der Waals surface area contributed by atoms with Crippen molar-refractivity contribution in [1.29, 1.82) is 0 Å². The van der Waals surface area contributed by atoms with Crippen LogP contribution in [0.1, 0.15) is 5.82 Å². The fourth-order valence-corrected chi connectivity index (χ4v) is 0.469. The Bertz CT molecular complexity index is 232. The van der Waals surface area contributed by atoms with Gasteiger partial charge in [0.05, 0.1) is 0 Å². The summed E-state index contributed by atoms with van der Waals surface area (Å²) in [5, 5.41) is 0. The number of aromatic nitrogens is 2. The van der Waals surface area contributed by atoms with Gasteiger partial charge in [0, 0.05) is 63.6 Å². The Morgan fingerprint density at radius 1 is 1.67 bits per heavy atom. The second-order valence-corrected chi connectivity index (χ2v) is 1.52. The van der Waals surface area contributed by atoms with Crippen molar-refractivity contribution in [2.75, 3.05) is 0 Å². The maximum atomic E-state index is 10.4. The van der Waals surface area contributed by atoms with Crippen LogP contribution in [0.4, 0.5) is 0 Å². The minimum absolute atomic E-state index is 0. The van der Waals surface area contributed by atoms with Crippen molar-refractivity contribution in [1.82, 2.24) is 9.97 Å². The molecule has 0 fully saturated rings. The molecule has 0 aliphatic heterocycles. The van der Waals surface area contributed by atoms with E-state index in [4.69, 9.17) is 0 Å². The molecular weight excluding hydrogens is 143 g/mol. The summed E-state index contributed by atoms with van der Waals surface area (Å²) in [6, 6.07) is 1.38. The van der Waals surface area contributed by atoms with Crippen LogP contribution < -0.4 is 5.56 Å². The molecule has 0 aliphatic rings. The Kier molecular flexibility index (Phi) is 4.60. The molecule has 0 unspecified atom stereocenters. The van der Waals surface area contributed by atoms with Crippen LogP contribution in [0.3, 0.4) is 0 Å². The average molecular weight is 149 g/mol. The van der Waals surface area contributed by atoms with Crippen LogP contribution in [0.15, 0.2) is 17.1 Å². The second-order valence-electron chi connectivity index (χ2n) is 1.52. The number of H-pyrrole nitrogens is 1. The van der Waals surface area contributed by atoms with Crippen molar-refractivity contribution < 1.29 is 0 Å². The van der Waals surface area contributed by atoms with Gasteiger partial charge in [0.1, 0.15) is 5.82 Å². The molecule has 1 radical (unpaired) electrons. The Morgan fingerprint density at radius 2 is 2.33 bits per heavy atom. The summed E-state index contributed by atoms with van der Waals surface area (Å²) in [7, 11) is 0. The zero-order valence-corrected chi connectivity index (χ0v) is 8.63. The maximum Gasteiger partial charge on any atom is 0.250 e. The molecule has 1 aromatic heterocycles. The van der Waals surface area contributed by atoms with E-state index < -0.39 is 0 Å². The predicted octanol–water partition coefficient (Wildman–Crippen LogP) is -0.302. The standard InChI is InChI=1S/C5H6N2O.K/c1-4-6-3-2-5(8)7-4;/h2-3H,1H3,(H,6,7,8);. The van der Waals surface area contributed by atoms with Crippen molar-refractivity contribution in [2.24, 2.45) is 0 Å². The first kappa shape index (κ1) is 9.52. The Balaban J connectivity index is 0.000000640. The predicted molar refractivity (Wildman–Crippen MR) is 35.3 cm³/mol. The zero-order chi connectivity index (χ0) is 5.98. The van der Waals surface area contributed by atoms with Gasteiger partial charge in [-0.05, 0) is 6.92 Å². The van der Waals surface area contributed by atoms with Gasteiger partial charge in [-0.1, -0.05) is 0 Å². The first-order valence-electron chi connectivity index (χ1n) is 2.31. The first-order chi connectivity index (χ1) is 3.79. The van der Waals surface area contributed by atoms with E-state index in [-0.39, 0.29) is 56.9 Å². The molecule has 1 heterocycles. The fraction of sp³-hybridized carbons (Fsp3) is 0.200. The van der Waals surface area contributed by atoms with Crippen LogP contribution in [0.5, 0.6) is 0 Å². The van der Waals surface area contributed by atoms with Crippen LogP contribution in [0.2, 0.25) is 0 Å². The van der Waals surface area contributed by atoms with E-state index in [1.807, 2.05) is 0 Å². The topological polar surface area (TPSA) is 45.8 Å². The van der Waals surface area contributed by atoms with E-state index in [2.05, 4.69) is 9.97 Å². The molecule has 3 nitrogen and oxygen atoms in total. The van der Waals surface area contributed by atoms with Crippen molar-refractivity contribution >= 4 is 51.4 Å². The van der Waals surface area contributed by atoms with Gasteiger partial charge in [0.2, 0.25) is 0 Å². The Hall–Kier alpha value is 0.516. The smallest absolute Gasteiger partial charge is 0.250 e. The van der Waals surface area contributed by atoms with Crippen molar-refractivity contribution in [3.63, 3.8) is 0 Å². The fourth-order valence-electron chi connectivity index (χ4n) is 0.469. The number of rotatable bonds is 0. The first-order valence-corrected chi connectivity index (χ1v) is 2.31.